The summed E-state index contributed by atoms with van der Waals surface area (Å²) in [6.45, 7) is 1.49. The molecule has 0 aliphatic rings. The molecular weight excluding hydrogens is 290 g/mol. The Morgan fingerprint density at radius 1 is 1.04 bits per heavy atom. The summed E-state index contributed by atoms with van der Waals surface area (Å²) >= 11 is 0. The first kappa shape index (κ1) is 14.6. The van der Waals surface area contributed by atoms with Gasteiger partial charge in [-0.25, -0.2) is 0 Å². The van der Waals surface area contributed by atoms with Gasteiger partial charge < -0.3 is 5.32 Å². The van der Waals surface area contributed by atoms with E-state index in [2.05, 4.69) is 20.8 Å². The number of carbonyl (C=O) groups is 1. The number of tetrazole rings is 1. The normalized spacial score (nSPS) is 11.3. The minimum Gasteiger partial charge on any atom is -0.361 e. The average molecular weight is 305 g/mol. The third-order valence-electron chi connectivity index (χ3n) is 3.25. The highest BCUT2D eigenvalue weighted by Crippen LogP contribution is 2.17. The minimum absolute atomic E-state index is 0.125. The van der Waals surface area contributed by atoms with Gasteiger partial charge in [-0.1, -0.05) is 36.4 Å². The molecule has 6 nitrogen and oxygen atoms in total. The molecule has 114 valence electrons. The van der Waals surface area contributed by atoms with Crippen molar-refractivity contribution in [2.45, 2.75) is 6.92 Å². The number of ketones is 1. The van der Waals surface area contributed by atoms with E-state index in [4.69, 9.17) is 0 Å². The van der Waals surface area contributed by atoms with Gasteiger partial charge in [0.2, 0.25) is 0 Å². The molecule has 0 radical (unpaired) electrons. The van der Waals surface area contributed by atoms with E-state index in [-0.39, 0.29) is 5.78 Å². The van der Waals surface area contributed by atoms with Crippen LogP contribution >= 0.6 is 0 Å². The maximum absolute atomic E-state index is 12.0. The Balaban J connectivity index is 1.97. The van der Waals surface area contributed by atoms with Gasteiger partial charge in [0.15, 0.2) is 11.6 Å². The zero-order valence-electron chi connectivity index (χ0n) is 12.5. The molecule has 0 amide bonds. The molecule has 1 N–H and O–H groups in total. The van der Waals surface area contributed by atoms with Crippen LogP contribution in [0.1, 0.15) is 12.7 Å². The second kappa shape index (κ2) is 6.65. The highest BCUT2D eigenvalue weighted by Gasteiger charge is 2.17. The Morgan fingerprint density at radius 2 is 1.70 bits per heavy atom. The average Bonchev–Trinajstić information content (AvgIpc) is 3.06. The van der Waals surface area contributed by atoms with Gasteiger partial charge in [-0.15, -0.1) is 5.10 Å². The zero-order valence-corrected chi connectivity index (χ0v) is 12.5. The largest absolute Gasteiger partial charge is 0.361 e. The first-order valence-electron chi connectivity index (χ1n) is 7.12. The number of Topliss-reactive ketones (excluding diaryl/α,β-unsaturated/α-hetero) is 1. The van der Waals surface area contributed by atoms with E-state index < -0.39 is 0 Å². The van der Waals surface area contributed by atoms with Crippen LogP contribution in [0, 0.1) is 0 Å². The molecule has 0 spiro atoms. The molecule has 0 unspecified atom stereocenters. The first-order chi connectivity index (χ1) is 11.3. The number of anilines is 1. The van der Waals surface area contributed by atoms with E-state index in [0.717, 1.165) is 11.4 Å². The highest BCUT2D eigenvalue weighted by atomic mass is 16.1. The van der Waals surface area contributed by atoms with Crippen molar-refractivity contribution in [1.82, 2.24) is 20.2 Å². The van der Waals surface area contributed by atoms with Crippen molar-refractivity contribution < 1.29 is 4.79 Å². The topological polar surface area (TPSA) is 72.7 Å². The molecule has 0 fully saturated rings. The van der Waals surface area contributed by atoms with Crippen molar-refractivity contribution in [2.75, 3.05) is 5.32 Å². The Hall–Kier alpha value is -3.28. The number of aromatic nitrogens is 4. The maximum Gasteiger partial charge on any atom is 0.192 e. The fraction of sp³-hybridized carbons (Fsp3) is 0.0588. The van der Waals surface area contributed by atoms with Gasteiger partial charge in [0, 0.05) is 11.9 Å². The fourth-order valence-corrected chi connectivity index (χ4v) is 2.11. The van der Waals surface area contributed by atoms with E-state index in [1.807, 2.05) is 60.7 Å². The summed E-state index contributed by atoms with van der Waals surface area (Å²) in [7, 11) is 0. The predicted octanol–water partition coefficient (Wildman–Crippen LogP) is 2.70. The van der Waals surface area contributed by atoms with Crippen molar-refractivity contribution >= 4 is 17.0 Å². The predicted molar refractivity (Wildman–Crippen MR) is 87.9 cm³/mol. The lowest BCUT2D eigenvalue weighted by Gasteiger charge is -2.07. The van der Waals surface area contributed by atoms with Crippen molar-refractivity contribution in [3.63, 3.8) is 0 Å². The smallest absolute Gasteiger partial charge is 0.192 e. The van der Waals surface area contributed by atoms with Gasteiger partial charge in [0.25, 0.3) is 0 Å². The van der Waals surface area contributed by atoms with Gasteiger partial charge in [-0.3, -0.25) is 4.79 Å². The lowest BCUT2D eigenvalue weighted by atomic mass is 10.2. The van der Waals surface area contributed by atoms with Gasteiger partial charge in [-0.2, -0.15) is 4.68 Å². The molecule has 3 rings (SSSR count). The number of para-hydroxylation sites is 2. The van der Waals surface area contributed by atoms with Crippen LogP contribution in [-0.4, -0.2) is 26.0 Å². The zero-order chi connectivity index (χ0) is 16.1. The molecule has 0 atom stereocenters. The van der Waals surface area contributed by atoms with E-state index in [1.165, 1.54) is 6.92 Å². The molecule has 2 aromatic carbocycles. The summed E-state index contributed by atoms with van der Waals surface area (Å²) in [5, 5.41) is 14.8. The van der Waals surface area contributed by atoms with E-state index in [1.54, 1.807) is 10.9 Å². The number of allylic oxidation sites excluding steroid dienone is 1. The number of hydrogen-bond acceptors (Lipinski definition) is 5. The number of rotatable bonds is 5. The van der Waals surface area contributed by atoms with Crippen LogP contribution in [0.2, 0.25) is 0 Å². The summed E-state index contributed by atoms with van der Waals surface area (Å²) in [6, 6.07) is 19.0. The van der Waals surface area contributed by atoms with Crippen LogP contribution in [0.15, 0.2) is 66.9 Å². The second-order valence-electron chi connectivity index (χ2n) is 4.87. The molecule has 0 aliphatic heterocycles. The number of hydrogen-bond donors (Lipinski definition) is 1. The molecule has 3 aromatic rings. The van der Waals surface area contributed by atoms with E-state index in [9.17, 15) is 4.79 Å². The summed E-state index contributed by atoms with van der Waals surface area (Å²) in [5.74, 6) is 0.271. The van der Waals surface area contributed by atoms with E-state index >= 15 is 0 Å². The van der Waals surface area contributed by atoms with Crippen LogP contribution in [-0.2, 0) is 4.79 Å². The maximum atomic E-state index is 12.0. The van der Waals surface area contributed by atoms with Crippen LogP contribution in [0.3, 0.4) is 0 Å². The minimum atomic E-state index is -0.125. The van der Waals surface area contributed by atoms with Gasteiger partial charge in [0.05, 0.1) is 11.3 Å². The lowest BCUT2D eigenvalue weighted by molar-refractivity contribution is -0.111. The molecule has 0 bridgehead atoms. The molecule has 0 aliphatic carbocycles. The van der Waals surface area contributed by atoms with Crippen molar-refractivity contribution in [3.05, 3.63) is 72.7 Å². The van der Waals surface area contributed by atoms with Crippen LogP contribution < -0.4 is 5.32 Å². The first-order valence-corrected chi connectivity index (χ1v) is 7.12. The molecule has 0 saturated heterocycles. The van der Waals surface area contributed by atoms with Crippen molar-refractivity contribution in [1.29, 1.82) is 0 Å². The molecule has 0 saturated carbocycles. The lowest BCUT2D eigenvalue weighted by Crippen LogP contribution is -2.08. The summed E-state index contributed by atoms with van der Waals surface area (Å²) < 4.78 is 1.54. The summed E-state index contributed by atoms with van der Waals surface area (Å²) in [5.41, 5.74) is 2.08. The SMILES string of the molecule is CC(=O)/C(=C\Nc1ccccc1)c1nnnn1-c1ccccc1. The van der Waals surface area contributed by atoms with Crippen molar-refractivity contribution in [3.8, 4) is 5.69 Å². The third kappa shape index (κ3) is 3.32. The Labute approximate surface area is 133 Å². The Morgan fingerprint density at radius 3 is 2.35 bits per heavy atom. The molecule has 23 heavy (non-hydrogen) atoms. The monoisotopic (exact) mass is 305 g/mol. The molecule has 1 aromatic heterocycles. The number of nitrogens with zero attached hydrogens (tertiary/aromatic N) is 4. The van der Waals surface area contributed by atoms with Crippen LogP contribution in [0.4, 0.5) is 5.69 Å². The number of nitrogens with one attached hydrogen (secondary N) is 1. The molecular formula is C17H15N5O. The fourth-order valence-electron chi connectivity index (χ4n) is 2.11. The van der Waals surface area contributed by atoms with Crippen LogP contribution in [0.25, 0.3) is 11.3 Å². The van der Waals surface area contributed by atoms with Gasteiger partial charge in [0.1, 0.15) is 0 Å². The van der Waals surface area contributed by atoms with Gasteiger partial charge in [-0.05, 0) is 41.6 Å². The summed E-state index contributed by atoms with van der Waals surface area (Å²) in [4.78, 5) is 12.0. The second-order valence-corrected chi connectivity index (χ2v) is 4.87. The quantitative estimate of drug-likeness (QED) is 0.734. The third-order valence-corrected chi connectivity index (χ3v) is 3.25. The van der Waals surface area contributed by atoms with Crippen LogP contribution in [0.5, 0.6) is 0 Å². The van der Waals surface area contributed by atoms with E-state index in [0.29, 0.717) is 11.4 Å². The Bertz CT molecular complexity index is 824. The molecule has 1 heterocycles. The summed E-state index contributed by atoms with van der Waals surface area (Å²) in [6.07, 6.45) is 1.63. The highest BCUT2D eigenvalue weighted by molar-refractivity contribution is 6.18. The Kier molecular flexibility index (Phi) is 4.24. The number of benzene rings is 2. The van der Waals surface area contributed by atoms with Crippen molar-refractivity contribution in [2.24, 2.45) is 0 Å². The number of carbonyl (C=O) groups excluding carboxylic acids is 1. The van der Waals surface area contributed by atoms with Gasteiger partial charge >= 0.3 is 0 Å². The standard InChI is InChI=1S/C17H15N5O/c1-13(23)16(12-18-14-8-4-2-5-9-14)17-19-20-21-22(17)15-10-6-3-7-11-15/h2-12,18H,1H3/b16-12+. The molecule has 6 heteroatoms.